The minimum Gasteiger partial charge on any atom is -0.494 e. The van der Waals surface area contributed by atoms with Crippen molar-refractivity contribution in [2.45, 2.75) is 52.0 Å². The summed E-state index contributed by atoms with van der Waals surface area (Å²) in [5.74, 6) is 0.949. The number of rotatable bonds is 8. The third kappa shape index (κ3) is 5.87. The molecule has 0 amide bonds. The second-order valence-corrected chi connectivity index (χ2v) is 5.70. The third-order valence-corrected chi connectivity index (χ3v) is 3.60. The Morgan fingerprint density at radius 1 is 1.28 bits per heavy atom. The molecule has 1 unspecified atom stereocenters. The number of hydrogen-bond acceptors (Lipinski definition) is 2. The van der Waals surface area contributed by atoms with Crippen LogP contribution in [0.5, 0.6) is 5.75 Å². The maximum Gasteiger partial charge on any atom is 0.119 e. The van der Waals surface area contributed by atoms with E-state index in [4.69, 9.17) is 10.5 Å². The minimum absolute atomic E-state index is 0.168. The van der Waals surface area contributed by atoms with Gasteiger partial charge in [-0.1, -0.05) is 42.1 Å². The largest absolute Gasteiger partial charge is 0.494 e. The molecule has 0 saturated carbocycles. The van der Waals surface area contributed by atoms with Crippen molar-refractivity contribution >= 4 is 15.9 Å². The summed E-state index contributed by atoms with van der Waals surface area (Å²) in [6.07, 6.45) is 5.80. The maximum atomic E-state index is 5.84. The van der Waals surface area contributed by atoms with Crippen molar-refractivity contribution in [3.05, 3.63) is 28.2 Å². The van der Waals surface area contributed by atoms with E-state index in [1.807, 2.05) is 19.1 Å². The predicted molar refractivity (Wildman–Crippen MR) is 81.1 cm³/mol. The Labute approximate surface area is 119 Å². The van der Waals surface area contributed by atoms with Crippen LogP contribution >= 0.6 is 15.9 Å². The fourth-order valence-electron chi connectivity index (χ4n) is 1.86. The van der Waals surface area contributed by atoms with Gasteiger partial charge in [0.25, 0.3) is 0 Å². The van der Waals surface area contributed by atoms with E-state index in [-0.39, 0.29) is 6.04 Å². The first-order valence-corrected chi connectivity index (χ1v) is 7.59. The molecule has 0 aliphatic rings. The summed E-state index contributed by atoms with van der Waals surface area (Å²) in [5, 5.41) is 0. The Kier molecular flexibility index (Phi) is 7.36. The van der Waals surface area contributed by atoms with Crippen LogP contribution in [-0.2, 0) is 6.42 Å². The molecular formula is C15H24BrNO. The Hall–Kier alpha value is -0.540. The van der Waals surface area contributed by atoms with Gasteiger partial charge in [0.1, 0.15) is 5.75 Å². The number of benzene rings is 1. The Balaban J connectivity index is 2.46. The van der Waals surface area contributed by atoms with Crippen molar-refractivity contribution in [1.29, 1.82) is 0 Å². The quantitative estimate of drug-likeness (QED) is 0.726. The van der Waals surface area contributed by atoms with Gasteiger partial charge in [0.2, 0.25) is 0 Å². The summed E-state index contributed by atoms with van der Waals surface area (Å²) in [6.45, 7) is 5.04. The van der Waals surface area contributed by atoms with Crippen LogP contribution in [0.25, 0.3) is 0 Å². The lowest BCUT2D eigenvalue weighted by Gasteiger charge is -2.11. The van der Waals surface area contributed by atoms with Crippen molar-refractivity contribution in [2.24, 2.45) is 5.73 Å². The number of nitrogens with two attached hydrogens (primary N) is 1. The molecule has 1 atom stereocenters. The second-order valence-electron chi connectivity index (χ2n) is 4.84. The summed E-state index contributed by atoms with van der Waals surface area (Å²) in [7, 11) is 0. The Morgan fingerprint density at radius 2 is 2.06 bits per heavy atom. The van der Waals surface area contributed by atoms with Gasteiger partial charge < -0.3 is 10.5 Å². The molecule has 0 radical (unpaired) electrons. The fourth-order valence-corrected chi connectivity index (χ4v) is 2.27. The van der Waals surface area contributed by atoms with Gasteiger partial charge in [0, 0.05) is 10.5 Å². The standard InChI is InChI=1S/C15H24BrNO/c1-3-4-5-6-9-18-14-7-8-15(16)13(11-14)10-12(2)17/h7-8,11-12H,3-6,9-10,17H2,1-2H3. The summed E-state index contributed by atoms with van der Waals surface area (Å²) in [4.78, 5) is 0. The molecule has 0 heterocycles. The lowest BCUT2D eigenvalue weighted by molar-refractivity contribution is 0.304. The molecule has 3 heteroatoms. The fraction of sp³-hybridized carbons (Fsp3) is 0.600. The van der Waals surface area contributed by atoms with Gasteiger partial charge in [-0.25, -0.2) is 0 Å². The summed E-state index contributed by atoms with van der Waals surface area (Å²) in [5.41, 5.74) is 7.06. The highest BCUT2D eigenvalue weighted by Gasteiger charge is 2.05. The van der Waals surface area contributed by atoms with Crippen LogP contribution in [0.2, 0.25) is 0 Å². The van der Waals surface area contributed by atoms with Crippen molar-refractivity contribution in [1.82, 2.24) is 0 Å². The second kappa shape index (κ2) is 8.54. The third-order valence-electron chi connectivity index (χ3n) is 2.83. The molecule has 1 rings (SSSR count). The minimum atomic E-state index is 0.168. The van der Waals surface area contributed by atoms with Crippen LogP contribution in [0.4, 0.5) is 0 Å². The smallest absolute Gasteiger partial charge is 0.119 e. The molecule has 0 fully saturated rings. The van der Waals surface area contributed by atoms with Gasteiger partial charge in [-0.3, -0.25) is 0 Å². The molecule has 0 spiro atoms. The van der Waals surface area contributed by atoms with E-state index in [1.165, 1.54) is 24.8 Å². The highest BCUT2D eigenvalue weighted by atomic mass is 79.9. The van der Waals surface area contributed by atoms with E-state index in [1.54, 1.807) is 0 Å². The van der Waals surface area contributed by atoms with Crippen molar-refractivity contribution < 1.29 is 4.74 Å². The first-order valence-electron chi connectivity index (χ1n) is 6.80. The zero-order valence-corrected chi connectivity index (χ0v) is 13.0. The van der Waals surface area contributed by atoms with Crippen LogP contribution < -0.4 is 10.5 Å². The van der Waals surface area contributed by atoms with E-state index in [0.29, 0.717) is 0 Å². The molecule has 102 valence electrons. The molecule has 0 aromatic heterocycles. The summed E-state index contributed by atoms with van der Waals surface area (Å²) in [6, 6.07) is 6.31. The molecule has 0 bridgehead atoms. The van der Waals surface area contributed by atoms with E-state index >= 15 is 0 Å². The van der Waals surface area contributed by atoms with Crippen LogP contribution in [0, 0.1) is 0 Å². The summed E-state index contributed by atoms with van der Waals surface area (Å²) >= 11 is 3.55. The molecule has 1 aromatic rings. The van der Waals surface area contributed by atoms with E-state index < -0.39 is 0 Å². The molecule has 0 aliphatic heterocycles. The normalized spacial score (nSPS) is 12.4. The Morgan fingerprint density at radius 3 is 2.72 bits per heavy atom. The van der Waals surface area contributed by atoms with E-state index in [2.05, 4.69) is 28.9 Å². The molecule has 1 aromatic carbocycles. The molecule has 0 saturated heterocycles. The summed E-state index contributed by atoms with van der Waals surface area (Å²) < 4.78 is 6.88. The molecule has 2 N–H and O–H groups in total. The van der Waals surface area contributed by atoms with Crippen molar-refractivity contribution in [3.8, 4) is 5.75 Å². The lowest BCUT2D eigenvalue weighted by atomic mass is 10.1. The average molecular weight is 314 g/mol. The SMILES string of the molecule is CCCCCCOc1ccc(Br)c(CC(C)N)c1. The van der Waals surface area contributed by atoms with E-state index in [9.17, 15) is 0 Å². The topological polar surface area (TPSA) is 35.2 Å². The zero-order valence-electron chi connectivity index (χ0n) is 11.4. The van der Waals surface area contributed by atoms with Crippen LogP contribution in [-0.4, -0.2) is 12.6 Å². The van der Waals surface area contributed by atoms with Gasteiger partial charge in [0.15, 0.2) is 0 Å². The van der Waals surface area contributed by atoms with E-state index in [0.717, 1.165) is 29.7 Å². The van der Waals surface area contributed by atoms with Crippen LogP contribution in [0.1, 0.15) is 45.1 Å². The highest BCUT2D eigenvalue weighted by molar-refractivity contribution is 9.10. The predicted octanol–water partition coefficient (Wildman–Crippen LogP) is 4.30. The monoisotopic (exact) mass is 313 g/mol. The first kappa shape index (κ1) is 15.5. The van der Waals surface area contributed by atoms with Gasteiger partial charge in [0.05, 0.1) is 6.61 Å². The number of unbranched alkanes of at least 4 members (excludes halogenated alkanes) is 3. The molecule has 0 aliphatic carbocycles. The van der Waals surface area contributed by atoms with Gasteiger partial charge in [-0.15, -0.1) is 0 Å². The lowest BCUT2D eigenvalue weighted by Crippen LogP contribution is -2.18. The molecule has 2 nitrogen and oxygen atoms in total. The molecule has 18 heavy (non-hydrogen) atoms. The average Bonchev–Trinajstić information content (AvgIpc) is 2.32. The Bertz CT molecular complexity index is 352. The van der Waals surface area contributed by atoms with Gasteiger partial charge in [-0.05, 0) is 43.5 Å². The van der Waals surface area contributed by atoms with Crippen LogP contribution in [0.15, 0.2) is 22.7 Å². The maximum absolute atomic E-state index is 5.84. The highest BCUT2D eigenvalue weighted by Crippen LogP contribution is 2.23. The van der Waals surface area contributed by atoms with Gasteiger partial charge >= 0.3 is 0 Å². The number of ether oxygens (including phenoxy) is 1. The van der Waals surface area contributed by atoms with Crippen molar-refractivity contribution in [3.63, 3.8) is 0 Å². The number of halogens is 1. The zero-order chi connectivity index (χ0) is 13.4. The first-order chi connectivity index (χ1) is 8.63. The molecular weight excluding hydrogens is 290 g/mol. The number of hydrogen-bond donors (Lipinski definition) is 1. The van der Waals surface area contributed by atoms with Gasteiger partial charge in [-0.2, -0.15) is 0 Å². The van der Waals surface area contributed by atoms with Crippen LogP contribution in [0.3, 0.4) is 0 Å². The van der Waals surface area contributed by atoms with Crippen molar-refractivity contribution in [2.75, 3.05) is 6.61 Å².